The van der Waals surface area contributed by atoms with Crippen molar-refractivity contribution in [3.63, 3.8) is 0 Å². The number of aliphatic carboxylic acids is 1. The summed E-state index contributed by atoms with van der Waals surface area (Å²) in [6.07, 6.45) is 1.10. The molecule has 0 heterocycles. The van der Waals surface area contributed by atoms with Gasteiger partial charge in [-0.15, -0.1) is 0 Å². The average Bonchev–Trinajstić information content (AvgIpc) is 1.98. The highest BCUT2D eigenvalue weighted by molar-refractivity contribution is 6.41. The van der Waals surface area contributed by atoms with Crippen LogP contribution in [0.3, 0.4) is 0 Å². The Balaban J connectivity index is 4.61. The number of carbonyl (C=O) groups is 3. The summed E-state index contributed by atoms with van der Waals surface area (Å²) in [7, 11) is 0. The van der Waals surface area contributed by atoms with Gasteiger partial charge in [0.05, 0.1) is 0 Å². The average molecular weight is 170 g/mol. The monoisotopic (exact) mass is 170 g/mol. The van der Waals surface area contributed by atoms with Crippen molar-refractivity contribution in [2.75, 3.05) is 0 Å². The standard InChI is InChI=1S/C8H10O4/c1-3-6(8(11)12)4-7(10)5(2)9/h4H,3H2,1-2H3,(H,11,12)/b6-4-. The first kappa shape index (κ1) is 10.6. The smallest absolute Gasteiger partial charge is 0.331 e. The van der Waals surface area contributed by atoms with E-state index in [1.165, 1.54) is 0 Å². The molecule has 0 unspecified atom stereocenters. The second kappa shape index (κ2) is 4.43. The first-order valence-corrected chi connectivity index (χ1v) is 3.47. The molecule has 12 heavy (non-hydrogen) atoms. The lowest BCUT2D eigenvalue weighted by Crippen LogP contribution is -2.09. The highest BCUT2D eigenvalue weighted by atomic mass is 16.4. The summed E-state index contributed by atoms with van der Waals surface area (Å²) in [6, 6.07) is 0. The van der Waals surface area contributed by atoms with Crippen LogP contribution in [0.2, 0.25) is 0 Å². The van der Waals surface area contributed by atoms with Gasteiger partial charge in [-0.2, -0.15) is 0 Å². The third-order valence-electron chi connectivity index (χ3n) is 1.31. The highest BCUT2D eigenvalue weighted by Crippen LogP contribution is 2.00. The molecule has 0 aromatic rings. The number of rotatable bonds is 4. The molecule has 0 aliphatic heterocycles. The molecule has 0 spiro atoms. The molecule has 66 valence electrons. The van der Waals surface area contributed by atoms with E-state index in [0.29, 0.717) is 0 Å². The van der Waals surface area contributed by atoms with Crippen molar-refractivity contribution in [3.8, 4) is 0 Å². The Labute approximate surface area is 69.9 Å². The molecule has 0 bridgehead atoms. The van der Waals surface area contributed by atoms with E-state index in [9.17, 15) is 14.4 Å². The van der Waals surface area contributed by atoms with Gasteiger partial charge in [0, 0.05) is 12.5 Å². The van der Waals surface area contributed by atoms with Crippen LogP contribution < -0.4 is 0 Å². The van der Waals surface area contributed by atoms with Crippen molar-refractivity contribution in [1.29, 1.82) is 0 Å². The van der Waals surface area contributed by atoms with Gasteiger partial charge in [0.15, 0.2) is 5.78 Å². The van der Waals surface area contributed by atoms with Gasteiger partial charge in [0.1, 0.15) is 0 Å². The summed E-state index contributed by atoms with van der Waals surface area (Å²) >= 11 is 0. The molecular formula is C8H10O4. The van der Waals surface area contributed by atoms with Gasteiger partial charge in [-0.1, -0.05) is 6.92 Å². The van der Waals surface area contributed by atoms with Gasteiger partial charge in [-0.25, -0.2) is 4.79 Å². The van der Waals surface area contributed by atoms with Crippen LogP contribution in [0.4, 0.5) is 0 Å². The third kappa shape index (κ3) is 3.09. The van der Waals surface area contributed by atoms with Crippen LogP contribution in [0.15, 0.2) is 11.6 Å². The van der Waals surface area contributed by atoms with E-state index in [0.717, 1.165) is 13.0 Å². The summed E-state index contributed by atoms with van der Waals surface area (Å²) < 4.78 is 0. The first-order valence-electron chi connectivity index (χ1n) is 3.47. The summed E-state index contributed by atoms with van der Waals surface area (Å²) in [5.74, 6) is -2.58. The number of allylic oxidation sites excluding steroid dienone is 1. The SMILES string of the molecule is CC/C(=C/C(=O)C(C)=O)C(=O)O. The fourth-order valence-electron chi connectivity index (χ4n) is 0.575. The van der Waals surface area contributed by atoms with E-state index in [1.54, 1.807) is 6.92 Å². The lowest BCUT2D eigenvalue weighted by atomic mass is 10.1. The molecule has 1 N–H and O–H groups in total. The predicted octanol–water partition coefficient (Wildman–Crippen LogP) is 0.565. The third-order valence-corrected chi connectivity index (χ3v) is 1.31. The molecule has 0 saturated heterocycles. The molecule has 0 fully saturated rings. The number of ketones is 2. The Kier molecular flexibility index (Phi) is 3.90. The Hall–Kier alpha value is -1.45. The van der Waals surface area contributed by atoms with Crippen molar-refractivity contribution in [3.05, 3.63) is 11.6 Å². The normalized spacial score (nSPS) is 11.0. The van der Waals surface area contributed by atoms with Crippen LogP contribution in [0.25, 0.3) is 0 Å². The number of carboxylic acid groups (broad SMARTS) is 1. The maximum absolute atomic E-state index is 10.7. The van der Waals surface area contributed by atoms with E-state index < -0.39 is 17.5 Å². The molecule has 0 radical (unpaired) electrons. The second-order valence-electron chi connectivity index (χ2n) is 2.25. The number of hydrogen-bond acceptors (Lipinski definition) is 3. The lowest BCUT2D eigenvalue weighted by Gasteiger charge is -1.94. The van der Waals surface area contributed by atoms with Crippen LogP contribution in [0, 0.1) is 0 Å². The van der Waals surface area contributed by atoms with Gasteiger partial charge in [0.2, 0.25) is 5.78 Å². The van der Waals surface area contributed by atoms with Crippen LogP contribution in [0.5, 0.6) is 0 Å². The molecule has 0 aliphatic rings. The van der Waals surface area contributed by atoms with Crippen LogP contribution >= 0.6 is 0 Å². The van der Waals surface area contributed by atoms with Crippen molar-refractivity contribution >= 4 is 17.5 Å². The number of Topliss-reactive ketones (excluding diaryl/α,β-unsaturated/α-hetero) is 1. The van der Waals surface area contributed by atoms with Gasteiger partial charge in [0.25, 0.3) is 0 Å². The maximum Gasteiger partial charge on any atom is 0.331 e. The topological polar surface area (TPSA) is 71.4 Å². The van der Waals surface area contributed by atoms with E-state index in [4.69, 9.17) is 5.11 Å². The van der Waals surface area contributed by atoms with Gasteiger partial charge in [-0.3, -0.25) is 9.59 Å². The summed E-state index contributed by atoms with van der Waals surface area (Å²) in [5, 5.41) is 8.47. The molecule has 4 nitrogen and oxygen atoms in total. The molecule has 0 rings (SSSR count). The van der Waals surface area contributed by atoms with Crippen molar-refractivity contribution in [2.45, 2.75) is 20.3 Å². The molecule has 0 aliphatic carbocycles. The van der Waals surface area contributed by atoms with E-state index >= 15 is 0 Å². The molecule has 0 aromatic carbocycles. The summed E-state index contributed by atoms with van der Waals surface area (Å²) in [5.41, 5.74) is -0.0461. The lowest BCUT2D eigenvalue weighted by molar-refractivity contribution is -0.134. The molecule has 0 saturated carbocycles. The second-order valence-corrected chi connectivity index (χ2v) is 2.25. The largest absolute Gasteiger partial charge is 0.478 e. The van der Waals surface area contributed by atoms with Crippen LogP contribution in [-0.4, -0.2) is 22.6 Å². The Morgan fingerprint density at radius 2 is 1.83 bits per heavy atom. The molecule has 0 amide bonds. The van der Waals surface area contributed by atoms with Gasteiger partial charge >= 0.3 is 5.97 Å². The Morgan fingerprint density at radius 3 is 2.08 bits per heavy atom. The minimum absolute atomic E-state index is 0.0461. The quantitative estimate of drug-likeness (QED) is 0.494. The fraction of sp³-hybridized carbons (Fsp3) is 0.375. The predicted molar refractivity (Wildman–Crippen MR) is 41.7 cm³/mol. The van der Waals surface area contributed by atoms with Crippen LogP contribution in [-0.2, 0) is 14.4 Å². The maximum atomic E-state index is 10.7. The zero-order valence-electron chi connectivity index (χ0n) is 6.96. The zero-order valence-corrected chi connectivity index (χ0v) is 6.96. The highest BCUT2D eigenvalue weighted by Gasteiger charge is 2.09. The summed E-state index contributed by atoms with van der Waals surface area (Å²) in [6.45, 7) is 2.71. The van der Waals surface area contributed by atoms with Crippen molar-refractivity contribution in [1.82, 2.24) is 0 Å². The van der Waals surface area contributed by atoms with E-state index in [-0.39, 0.29) is 12.0 Å². The van der Waals surface area contributed by atoms with E-state index in [2.05, 4.69) is 0 Å². The molecule has 0 atom stereocenters. The minimum atomic E-state index is -1.16. The minimum Gasteiger partial charge on any atom is -0.478 e. The van der Waals surface area contributed by atoms with Crippen molar-refractivity contribution in [2.24, 2.45) is 0 Å². The number of carboxylic acids is 1. The number of carbonyl (C=O) groups excluding carboxylic acids is 2. The number of hydrogen-bond donors (Lipinski definition) is 1. The van der Waals surface area contributed by atoms with Gasteiger partial charge in [-0.05, 0) is 12.5 Å². The zero-order chi connectivity index (χ0) is 9.72. The molecule has 0 aromatic heterocycles. The van der Waals surface area contributed by atoms with Crippen LogP contribution in [0.1, 0.15) is 20.3 Å². The van der Waals surface area contributed by atoms with E-state index in [1.807, 2.05) is 0 Å². The Bertz CT molecular complexity index is 250. The van der Waals surface area contributed by atoms with Crippen molar-refractivity contribution < 1.29 is 19.5 Å². The first-order chi connectivity index (χ1) is 5.49. The molecule has 4 heteroatoms. The molecular weight excluding hydrogens is 160 g/mol. The Morgan fingerprint density at radius 1 is 1.33 bits per heavy atom. The fourth-order valence-corrected chi connectivity index (χ4v) is 0.575. The van der Waals surface area contributed by atoms with Gasteiger partial charge < -0.3 is 5.11 Å². The summed E-state index contributed by atoms with van der Waals surface area (Å²) in [4.78, 5) is 31.5.